The average molecular weight is 443 g/mol. The number of rotatable bonds is 10. The molecule has 0 spiro atoms. The van der Waals surface area contributed by atoms with Crippen molar-refractivity contribution in [2.24, 2.45) is 34.5 Å². The van der Waals surface area contributed by atoms with Crippen LogP contribution in [0.1, 0.15) is 143 Å². The van der Waals surface area contributed by atoms with Gasteiger partial charge in [0, 0.05) is 5.41 Å². The van der Waals surface area contributed by atoms with Crippen molar-refractivity contribution in [2.45, 2.75) is 149 Å². The van der Waals surface area contributed by atoms with Crippen LogP contribution in [0.25, 0.3) is 0 Å². The summed E-state index contributed by atoms with van der Waals surface area (Å²) in [5.74, 6) is 3.37. The number of aliphatic hydroxyl groups excluding tert-OH is 1. The van der Waals surface area contributed by atoms with Gasteiger partial charge in [0.15, 0.2) is 0 Å². The second-order valence-electron chi connectivity index (χ2n) is 12.9. The molecule has 1 nitrogen and oxygen atoms in total. The van der Waals surface area contributed by atoms with Gasteiger partial charge in [0.2, 0.25) is 0 Å². The van der Waals surface area contributed by atoms with Gasteiger partial charge in [-0.3, -0.25) is 0 Å². The van der Waals surface area contributed by atoms with Crippen molar-refractivity contribution in [3.8, 4) is 0 Å². The van der Waals surface area contributed by atoms with E-state index in [4.69, 9.17) is 0 Å². The lowest BCUT2D eigenvalue weighted by Gasteiger charge is -2.61. The third-order valence-corrected chi connectivity index (χ3v) is 11.2. The standard InChI is InChI=1S/C31H54O/c1-4-5-6-7-8-9-10-11-12-13-15-24-17-18-25-19-20-26-27-16-14-22-30(27,2)23-21-28(26)31(25,3)29(24)32/h15,25-29,32H,4-14,16-23H2,1-3H3/b24-15-/t25?,26-,27-,28-,29?,30-,31-/m0/s1. The van der Waals surface area contributed by atoms with Crippen LogP contribution in [0.3, 0.4) is 0 Å². The normalized spacial score (nSPS) is 42.5. The van der Waals surface area contributed by atoms with Crippen LogP contribution < -0.4 is 0 Å². The Kier molecular flexibility index (Phi) is 8.50. The molecule has 0 heterocycles. The molecule has 0 aliphatic heterocycles. The molecule has 184 valence electrons. The summed E-state index contributed by atoms with van der Waals surface area (Å²) in [6.07, 6.45) is 28.6. The summed E-state index contributed by atoms with van der Waals surface area (Å²) < 4.78 is 0. The summed E-state index contributed by atoms with van der Waals surface area (Å²) in [6, 6.07) is 0. The maximum absolute atomic E-state index is 11.7. The summed E-state index contributed by atoms with van der Waals surface area (Å²) in [7, 11) is 0. The third kappa shape index (κ3) is 4.89. The summed E-state index contributed by atoms with van der Waals surface area (Å²) in [6.45, 7) is 7.41. The second-order valence-corrected chi connectivity index (χ2v) is 12.9. The Morgan fingerprint density at radius 2 is 1.53 bits per heavy atom. The van der Waals surface area contributed by atoms with Crippen LogP contribution in [0.2, 0.25) is 0 Å². The van der Waals surface area contributed by atoms with E-state index in [1.807, 2.05) is 0 Å². The van der Waals surface area contributed by atoms with E-state index in [9.17, 15) is 5.11 Å². The fourth-order valence-electron chi connectivity index (χ4n) is 9.18. The Hall–Kier alpha value is -0.300. The molecule has 0 radical (unpaired) electrons. The molecule has 4 aliphatic rings. The molecule has 0 bridgehead atoms. The molecule has 0 aromatic rings. The number of aliphatic hydroxyl groups is 1. The quantitative estimate of drug-likeness (QED) is 0.264. The minimum absolute atomic E-state index is 0.148. The lowest BCUT2D eigenvalue weighted by atomic mass is 9.44. The predicted molar refractivity (Wildman–Crippen MR) is 138 cm³/mol. The maximum atomic E-state index is 11.7. The topological polar surface area (TPSA) is 20.2 Å². The fourth-order valence-corrected chi connectivity index (χ4v) is 9.18. The lowest BCUT2D eigenvalue weighted by molar-refractivity contribution is -0.143. The highest BCUT2D eigenvalue weighted by molar-refractivity contribution is 5.21. The van der Waals surface area contributed by atoms with Gasteiger partial charge >= 0.3 is 0 Å². The van der Waals surface area contributed by atoms with Gasteiger partial charge in [-0.25, -0.2) is 0 Å². The first-order chi connectivity index (χ1) is 15.5. The van der Waals surface area contributed by atoms with Crippen LogP contribution in [0, 0.1) is 34.5 Å². The first kappa shape index (κ1) is 24.8. The van der Waals surface area contributed by atoms with Crippen LogP contribution in [-0.2, 0) is 0 Å². The van der Waals surface area contributed by atoms with Gasteiger partial charge < -0.3 is 5.11 Å². The van der Waals surface area contributed by atoms with Crippen molar-refractivity contribution in [3.05, 3.63) is 11.6 Å². The third-order valence-electron chi connectivity index (χ3n) is 11.2. The van der Waals surface area contributed by atoms with Crippen LogP contribution in [-0.4, -0.2) is 11.2 Å². The van der Waals surface area contributed by atoms with E-state index < -0.39 is 0 Å². The average Bonchev–Trinajstić information content (AvgIpc) is 3.19. The van der Waals surface area contributed by atoms with E-state index in [0.29, 0.717) is 5.41 Å². The fraction of sp³-hybridized carbons (Fsp3) is 0.935. The van der Waals surface area contributed by atoms with E-state index in [1.54, 1.807) is 0 Å². The van der Waals surface area contributed by atoms with Crippen LogP contribution >= 0.6 is 0 Å². The van der Waals surface area contributed by atoms with E-state index >= 15 is 0 Å². The Bertz CT molecular complexity index is 622. The SMILES string of the molecule is CCCCCCCCCCC/C=C1/CCC2CC[C@H]3[C@@H]4CCC[C@@]4(C)CC[C@@H]3[C@@]2(C)C1O. The molecule has 0 aromatic carbocycles. The van der Waals surface area contributed by atoms with Crippen molar-refractivity contribution >= 4 is 0 Å². The molecule has 32 heavy (non-hydrogen) atoms. The van der Waals surface area contributed by atoms with E-state index in [0.717, 1.165) is 30.1 Å². The number of allylic oxidation sites excluding steroid dienone is 1. The molecule has 4 aliphatic carbocycles. The smallest absolute Gasteiger partial charge is 0.0809 e. The van der Waals surface area contributed by atoms with Crippen LogP contribution in [0.4, 0.5) is 0 Å². The molecule has 0 aromatic heterocycles. The van der Waals surface area contributed by atoms with E-state index in [-0.39, 0.29) is 11.5 Å². The van der Waals surface area contributed by atoms with Gasteiger partial charge in [0.25, 0.3) is 0 Å². The highest BCUT2D eigenvalue weighted by Gasteiger charge is 2.60. The molecule has 4 saturated carbocycles. The molecule has 4 rings (SSSR count). The van der Waals surface area contributed by atoms with E-state index in [2.05, 4.69) is 26.8 Å². The minimum atomic E-state index is -0.168. The summed E-state index contributed by atoms with van der Waals surface area (Å²) in [5, 5.41) is 11.7. The lowest BCUT2D eigenvalue weighted by Crippen LogP contribution is -2.57. The highest BCUT2D eigenvalue weighted by Crippen LogP contribution is 2.66. The molecule has 1 N–H and O–H groups in total. The number of hydrogen-bond acceptors (Lipinski definition) is 1. The predicted octanol–water partition coefficient (Wildman–Crippen LogP) is 9.24. The number of hydrogen-bond donors (Lipinski definition) is 1. The summed E-state index contributed by atoms with van der Waals surface area (Å²) in [5.41, 5.74) is 2.19. The molecular weight excluding hydrogens is 388 g/mol. The zero-order valence-corrected chi connectivity index (χ0v) is 21.8. The molecule has 4 fully saturated rings. The molecule has 1 heteroatoms. The zero-order chi connectivity index (χ0) is 22.6. The molecule has 2 unspecified atom stereocenters. The van der Waals surface area contributed by atoms with Crippen LogP contribution in [0.15, 0.2) is 11.6 Å². The van der Waals surface area contributed by atoms with E-state index in [1.165, 1.54) is 121 Å². The number of fused-ring (bicyclic) bond motifs is 5. The molecule has 7 atom stereocenters. The van der Waals surface area contributed by atoms with Crippen LogP contribution in [0.5, 0.6) is 0 Å². The van der Waals surface area contributed by atoms with Gasteiger partial charge in [0.05, 0.1) is 6.10 Å². The maximum Gasteiger partial charge on any atom is 0.0809 e. The monoisotopic (exact) mass is 442 g/mol. The van der Waals surface area contributed by atoms with Gasteiger partial charge in [-0.05, 0) is 98.9 Å². The van der Waals surface area contributed by atoms with Gasteiger partial charge in [-0.1, -0.05) is 84.6 Å². The van der Waals surface area contributed by atoms with Crippen molar-refractivity contribution < 1.29 is 5.11 Å². The second kappa shape index (κ2) is 11.0. The summed E-state index contributed by atoms with van der Waals surface area (Å²) in [4.78, 5) is 0. The molecule has 0 saturated heterocycles. The largest absolute Gasteiger partial charge is 0.388 e. The summed E-state index contributed by atoms with van der Waals surface area (Å²) >= 11 is 0. The zero-order valence-electron chi connectivity index (χ0n) is 21.8. The van der Waals surface area contributed by atoms with Crippen molar-refractivity contribution in [1.29, 1.82) is 0 Å². The van der Waals surface area contributed by atoms with Gasteiger partial charge in [0.1, 0.15) is 0 Å². The van der Waals surface area contributed by atoms with Crippen molar-refractivity contribution in [2.75, 3.05) is 0 Å². The number of unbranched alkanes of at least 4 members (excludes halogenated alkanes) is 9. The minimum Gasteiger partial charge on any atom is -0.388 e. The molecular formula is C31H54O. The molecule has 0 amide bonds. The first-order valence-corrected chi connectivity index (χ1v) is 14.9. The van der Waals surface area contributed by atoms with Crippen molar-refractivity contribution in [3.63, 3.8) is 0 Å². The van der Waals surface area contributed by atoms with Gasteiger partial charge in [-0.15, -0.1) is 0 Å². The Balaban J connectivity index is 1.29. The first-order valence-electron chi connectivity index (χ1n) is 14.9. The Morgan fingerprint density at radius 3 is 2.28 bits per heavy atom. The Morgan fingerprint density at radius 1 is 0.812 bits per heavy atom. The Labute approximate surface area is 200 Å². The van der Waals surface area contributed by atoms with Crippen molar-refractivity contribution in [1.82, 2.24) is 0 Å². The van der Waals surface area contributed by atoms with Gasteiger partial charge in [-0.2, -0.15) is 0 Å². The highest BCUT2D eigenvalue weighted by atomic mass is 16.3.